The highest BCUT2D eigenvalue weighted by atomic mass is 79.9. The third-order valence-corrected chi connectivity index (χ3v) is 3.84. The first-order valence-electron chi connectivity index (χ1n) is 5.49. The third-order valence-electron chi connectivity index (χ3n) is 2.35. The zero-order valence-corrected chi connectivity index (χ0v) is 12.6. The van der Waals surface area contributed by atoms with Crippen molar-refractivity contribution in [3.05, 3.63) is 41.8 Å². The predicted octanol–water partition coefficient (Wildman–Crippen LogP) is 1.93. The fraction of sp³-hybridized carbons (Fsp3) is 0.300. The number of thiazole rings is 1. The second kappa shape index (κ2) is 6.02. The van der Waals surface area contributed by atoms with Gasteiger partial charge in [-0.1, -0.05) is 11.3 Å². The average molecular weight is 385 g/mol. The van der Waals surface area contributed by atoms with E-state index in [-0.39, 0.29) is 21.6 Å². The first kappa shape index (κ1) is 15.8. The molecule has 21 heavy (non-hydrogen) atoms. The van der Waals surface area contributed by atoms with Gasteiger partial charge in [-0.2, -0.15) is 18.3 Å². The van der Waals surface area contributed by atoms with Gasteiger partial charge < -0.3 is 10.3 Å². The van der Waals surface area contributed by atoms with Gasteiger partial charge >= 0.3 is 11.0 Å². The van der Waals surface area contributed by atoms with Crippen LogP contribution in [0.5, 0.6) is 0 Å². The van der Waals surface area contributed by atoms with Crippen LogP contribution in [-0.2, 0) is 13.1 Å². The molecule has 0 saturated carbocycles. The molecule has 0 aromatic carbocycles. The molecule has 0 aliphatic rings. The number of H-pyrrole nitrogens is 1. The van der Waals surface area contributed by atoms with E-state index < -0.39 is 18.3 Å². The fourth-order valence-corrected chi connectivity index (χ4v) is 2.49. The summed E-state index contributed by atoms with van der Waals surface area (Å²) in [5.41, 5.74) is -0.0574. The molecule has 2 N–H and O–H groups in total. The van der Waals surface area contributed by atoms with Crippen LogP contribution in [0.25, 0.3) is 0 Å². The topological polar surface area (TPSA) is 79.8 Å². The van der Waals surface area contributed by atoms with Crippen molar-refractivity contribution in [1.82, 2.24) is 14.8 Å². The summed E-state index contributed by atoms with van der Waals surface area (Å²) in [7, 11) is 0. The molecule has 6 nitrogen and oxygen atoms in total. The Morgan fingerprint density at radius 2 is 2.14 bits per heavy atom. The lowest BCUT2D eigenvalue weighted by Gasteiger charge is -2.11. The quantitative estimate of drug-likeness (QED) is 0.843. The largest absolute Gasteiger partial charge is 0.408 e. The second-order valence-corrected chi connectivity index (χ2v) is 5.61. The normalized spacial score (nSPS) is 11.6. The number of alkyl halides is 3. The van der Waals surface area contributed by atoms with Crippen LogP contribution in [0.15, 0.2) is 25.6 Å². The van der Waals surface area contributed by atoms with Crippen LogP contribution in [-0.4, -0.2) is 20.9 Å². The Balaban J connectivity index is 2.17. The van der Waals surface area contributed by atoms with Crippen molar-refractivity contribution in [1.29, 1.82) is 0 Å². The summed E-state index contributed by atoms with van der Waals surface area (Å²) in [4.78, 5) is 25.0. The molecule has 0 aliphatic carbocycles. The minimum atomic E-state index is -4.53. The van der Waals surface area contributed by atoms with Gasteiger partial charge in [-0.15, -0.1) is 0 Å². The van der Waals surface area contributed by atoms with Crippen LogP contribution < -0.4 is 15.7 Å². The minimum absolute atomic E-state index is 0.0562. The van der Waals surface area contributed by atoms with Gasteiger partial charge in [0.05, 0.1) is 18.4 Å². The zero-order chi connectivity index (χ0) is 15.6. The minimum Gasteiger partial charge on any atom is -0.377 e. The number of anilines is 1. The van der Waals surface area contributed by atoms with E-state index in [2.05, 4.69) is 31.3 Å². The van der Waals surface area contributed by atoms with Crippen LogP contribution >= 0.6 is 27.3 Å². The Labute approximate surface area is 127 Å². The maximum absolute atomic E-state index is 12.3. The SMILES string of the molecule is O=c1[nH]c(CNc2cnn(CC(F)(F)F)c(=O)c2Br)cs1. The van der Waals surface area contributed by atoms with E-state index >= 15 is 0 Å². The fourth-order valence-electron chi connectivity index (χ4n) is 1.46. The number of aromatic nitrogens is 3. The summed E-state index contributed by atoms with van der Waals surface area (Å²) in [6.07, 6.45) is -3.41. The standard InChI is InChI=1S/C10H8BrF3N4O2S/c11-7-6(15-1-5-3-21-9(20)17-5)2-16-18(8(7)19)4-10(12,13)14/h2-3,15H,1,4H2,(H,17,20). The predicted molar refractivity (Wildman–Crippen MR) is 74.5 cm³/mol. The van der Waals surface area contributed by atoms with Crippen molar-refractivity contribution in [3.63, 3.8) is 0 Å². The lowest BCUT2D eigenvalue weighted by atomic mass is 10.4. The summed E-state index contributed by atoms with van der Waals surface area (Å²) >= 11 is 3.93. The molecule has 2 aromatic rings. The summed E-state index contributed by atoms with van der Waals surface area (Å²) in [5.74, 6) is 0. The molecule has 0 aliphatic heterocycles. The molecule has 2 heterocycles. The highest BCUT2D eigenvalue weighted by Gasteiger charge is 2.29. The second-order valence-electron chi connectivity index (χ2n) is 3.98. The first-order chi connectivity index (χ1) is 9.76. The molecule has 114 valence electrons. The Bertz CT molecular complexity index is 752. The highest BCUT2D eigenvalue weighted by Crippen LogP contribution is 2.19. The Hall–Kier alpha value is -1.62. The molecule has 0 saturated heterocycles. The van der Waals surface area contributed by atoms with Gasteiger partial charge in [-0.05, 0) is 15.9 Å². The Morgan fingerprint density at radius 1 is 1.43 bits per heavy atom. The van der Waals surface area contributed by atoms with Crippen molar-refractivity contribution < 1.29 is 13.2 Å². The van der Waals surface area contributed by atoms with Crippen LogP contribution in [0.3, 0.4) is 0 Å². The van der Waals surface area contributed by atoms with Gasteiger partial charge in [0, 0.05) is 11.1 Å². The molecule has 0 radical (unpaired) electrons. The summed E-state index contributed by atoms with van der Waals surface area (Å²) in [6, 6.07) is 0. The van der Waals surface area contributed by atoms with Crippen LogP contribution in [0.1, 0.15) is 5.69 Å². The molecule has 0 atom stereocenters. The van der Waals surface area contributed by atoms with Gasteiger partial charge in [-0.25, -0.2) is 4.68 Å². The van der Waals surface area contributed by atoms with Crippen LogP contribution in [0.4, 0.5) is 18.9 Å². The third kappa shape index (κ3) is 4.17. The highest BCUT2D eigenvalue weighted by molar-refractivity contribution is 9.10. The van der Waals surface area contributed by atoms with E-state index in [4.69, 9.17) is 0 Å². The Kier molecular flexibility index (Phi) is 4.52. The Morgan fingerprint density at radius 3 is 2.71 bits per heavy atom. The van der Waals surface area contributed by atoms with E-state index in [0.29, 0.717) is 10.4 Å². The lowest BCUT2D eigenvalue weighted by Crippen LogP contribution is -2.31. The molecular formula is C10H8BrF3N4O2S. The number of nitrogens with zero attached hydrogens (tertiary/aromatic N) is 2. The zero-order valence-electron chi connectivity index (χ0n) is 10.2. The summed E-state index contributed by atoms with van der Waals surface area (Å²) in [5, 5.41) is 7.87. The molecule has 0 fully saturated rings. The van der Waals surface area contributed by atoms with Gasteiger partial charge in [0.1, 0.15) is 11.0 Å². The lowest BCUT2D eigenvalue weighted by molar-refractivity contribution is -0.143. The first-order valence-corrected chi connectivity index (χ1v) is 7.16. The van der Waals surface area contributed by atoms with Crippen molar-refractivity contribution in [2.75, 3.05) is 5.32 Å². The van der Waals surface area contributed by atoms with Gasteiger partial charge in [0.15, 0.2) is 0 Å². The van der Waals surface area contributed by atoms with Crippen LogP contribution in [0, 0.1) is 0 Å². The van der Waals surface area contributed by atoms with E-state index in [1.54, 1.807) is 5.38 Å². The van der Waals surface area contributed by atoms with Crippen molar-refractivity contribution >= 4 is 33.0 Å². The monoisotopic (exact) mass is 384 g/mol. The van der Waals surface area contributed by atoms with Gasteiger partial charge in [0.2, 0.25) is 0 Å². The maximum atomic E-state index is 12.3. The van der Waals surface area contributed by atoms with Crippen molar-refractivity contribution in [3.8, 4) is 0 Å². The number of rotatable bonds is 4. The maximum Gasteiger partial charge on any atom is 0.408 e. The smallest absolute Gasteiger partial charge is 0.377 e. The van der Waals surface area contributed by atoms with Crippen molar-refractivity contribution in [2.24, 2.45) is 0 Å². The van der Waals surface area contributed by atoms with E-state index in [1.807, 2.05) is 0 Å². The molecule has 2 aromatic heterocycles. The molecular weight excluding hydrogens is 377 g/mol. The number of hydrogen-bond donors (Lipinski definition) is 2. The number of aromatic amines is 1. The van der Waals surface area contributed by atoms with E-state index in [0.717, 1.165) is 17.5 Å². The molecule has 0 amide bonds. The molecule has 0 unspecified atom stereocenters. The van der Waals surface area contributed by atoms with Crippen molar-refractivity contribution in [2.45, 2.75) is 19.3 Å². The van der Waals surface area contributed by atoms with Crippen LogP contribution in [0.2, 0.25) is 0 Å². The van der Waals surface area contributed by atoms with Gasteiger partial charge in [0.25, 0.3) is 5.56 Å². The molecule has 2 rings (SSSR count). The molecule has 0 spiro atoms. The summed E-state index contributed by atoms with van der Waals surface area (Å²) < 4.78 is 37.1. The van der Waals surface area contributed by atoms with E-state index in [1.165, 1.54) is 0 Å². The summed E-state index contributed by atoms with van der Waals surface area (Å²) in [6.45, 7) is -1.25. The average Bonchev–Trinajstić information content (AvgIpc) is 2.79. The molecule has 0 bridgehead atoms. The number of hydrogen-bond acceptors (Lipinski definition) is 5. The number of halogens is 4. The molecule has 11 heteroatoms. The number of nitrogens with one attached hydrogen (secondary N) is 2. The van der Waals surface area contributed by atoms with E-state index in [9.17, 15) is 22.8 Å². The van der Waals surface area contributed by atoms with Gasteiger partial charge in [-0.3, -0.25) is 9.59 Å².